The largest absolute Gasteiger partial charge is 0.354 e. The Bertz CT molecular complexity index is 592. The number of amides is 3. The lowest BCUT2D eigenvalue weighted by atomic mass is 9.96. The molecule has 2 fully saturated rings. The number of hydrogen-bond acceptors (Lipinski definition) is 3. The first-order chi connectivity index (χ1) is 11.1. The van der Waals surface area contributed by atoms with Crippen LogP contribution in [0.5, 0.6) is 0 Å². The van der Waals surface area contributed by atoms with E-state index < -0.39 is 5.54 Å². The average Bonchev–Trinajstić information content (AvgIpc) is 3.25. The Morgan fingerprint density at radius 3 is 2.70 bits per heavy atom. The Morgan fingerprint density at radius 1 is 1.30 bits per heavy atom. The standard InChI is InChI=1S/C17H24N4O2/c1-12-10-18-9-6-14(12)20-16(23)21-17(7-2-3-8-17)15(22)19-11-13-4-5-13/h6,9-10,13H,2-5,7-8,11H2,1H3,(H,19,22)(H2,18,20,21,23). The third kappa shape index (κ3) is 3.81. The molecule has 1 heterocycles. The van der Waals surface area contributed by atoms with Crippen LogP contribution in [0, 0.1) is 12.8 Å². The molecule has 0 unspecified atom stereocenters. The maximum atomic E-state index is 12.6. The summed E-state index contributed by atoms with van der Waals surface area (Å²) >= 11 is 0. The van der Waals surface area contributed by atoms with Crippen molar-refractivity contribution in [3.63, 3.8) is 0 Å². The van der Waals surface area contributed by atoms with Crippen LogP contribution in [0.15, 0.2) is 18.5 Å². The number of aromatic nitrogens is 1. The topological polar surface area (TPSA) is 83.1 Å². The molecule has 0 radical (unpaired) electrons. The molecule has 0 bridgehead atoms. The molecule has 2 saturated carbocycles. The molecule has 6 heteroatoms. The second-order valence-corrected chi connectivity index (χ2v) is 6.71. The number of aryl methyl sites for hydroxylation is 1. The molecule has 2 aliphatic carbocycles. The summed E-state index contributed by atoms with van der Waals surface area (Å²) in [5.74, 6) is 0.592. The Balaban J connectivity index is 1.62. The van der Waals surface area contributed by atoms with Gasteiger partial charge in [-0.1, -0.05) is 12.8 Å². The van der Waals surface area contributed by atoms with Gasteiger partial charge in [-0.25, -0.2) is 4.79 Å². The molecule has 0 aromatic carbocycles. The van der Waals surface area contributed by atoms with E-state index in [9.17, 15) is 9.59 Å². The monoisotopic (exact) mass is 316 g/mol. The van der Waals surface area contributed by atoms with E-state index in [0.29, 0.717) is 24.4 Å². The number of urea groups is 1. The first-order valence-corrected chi connectivity index (χ1v) is 8.37. The van der Waals surface area contributed by atoms with Gasteiger partial charge in [-0.2, -0.15) is 0 Å². The third-order valence-electron chi connectivity index (χ3n) is 4.76. The molecular formula is C17H24N4O2. The lowest BCUT2D eigenvalue weighted by molar-refractivity contribution is -0.127. The van der Waals surface area contributed by atoms with Crippen LogP contribution in [-0.4, -0.2) is 29.0 Å². The highest BCUT2D eigenvalue weighted by atomic mass is 16.2. The van der Waals surface area contributed by atoms with Crippen molar-refractivity contribution in [2.75, 3.05) is 11.9 Å². The van der Waals surface area contributed by atoms with Crippen LogP contribution in [0.4, 0.5) is 10.5 Å². The number of pyridine rings is 1. The summed E-state index contributed by atoms with van der Waals surface area (Å²) < 4.78 is 0. The van der Waals surface area contributed by atoms with Gasteiger partial charge in [0.2, 0.25) is 5.91 Å². The van der Waals surface area contributed by atoms with Crippen molar-refractivity contribution >= 4 is 17.6 Å². The Kier molecular flexibility index (Phi) is 4.50. The van der Waals surface area contributed by atoms with Gasteiger partial charge >= 0.3 is 6.03 Å². The Labute approximate surface area is 136 Å². The van der Waals surface area contributed by atoms with Gasteiger partial charge in [-0.3, -0.25) is 9.78 Å². The summed E-state index contributed by atoms with van der Waals surface area (Å²) in [6.07, 6.45) is 9.06. The molecule has 3 amide bonds. The third-order valence-corrected chi connectivity index (χ3v) is 4.76. The van der Waals surface area contributed by atoms with Crippen LogP contribution in [0.1, 0.15) is 44.1 Å². The number of hydrogen-bond donors (Lipinski definition) is 3. The predicted molar refractivity (Wildman–Crippen MR) is 88.1 cm³/mol. The maximum absolute atomic E-state index is 12.6. The number of anilines is 1. The van der Waals surface area contributed by atoms with Crippen molar-refractivity contribution in [1.82, 2.24) is 15.6 Å². The van der Waals surface area contributed by atoms with Crippen LogP contribution in [0.2, 0.25) is 0 Å². The van der Waals surface area contributed by atoms with Crippen molar-refractivity contribution in [2.45, 2.75) is 51.0 Å². The summed E-state index contributed by atoms with van der Waals surface area (Å²) in [6, 6.07) is 1.42. The van der Waals surface area contributed by atoms with Crippen molar-refractivity contribution in [3.05, 3.63) is 24.0 Å². The first-order valence-electron chi connectivity index (χ1n) is 8.37. The molecule has 23 heavy (non-hydrogen) atoms. The minimum atomic E-state index is -0.764. The highest BCUT2D eigenvalue weighted by Gasteiger charge is 2.42. The Morgan fingerprint density at radius 2 is 2.04 bits per heavy atom. The molecule has 0 saturated heterocycles. The van der Waals surface area contributed by atoms with Gasteiger partial charge in [-0.05, 0) is 50.2 Å². The molecule has 2 aliphatic rings. The van der Waals surface area contributed by atoms with Gasteiger partial charge < -0.3 is 16.0 Å². The van der Waals surface area contributed by atoms with E-state index in [4.69, 9.17) is 0 Å². The molecule has 1 aromatic rings. The summed E-state index contributed by atoms with van der Waals surface area (Å²) in [4.78, 5) is 29.0. The van der Waals surface area contributed by atoms with E-state index in [1.54, 1.807) is 18.5 Å². The maximum Gasteiger partial charge on any atom is 0.320 e. The van der Waals surface area contributed by atoms with Gasteiger partial charge in [0.05, 0.1) is 0 Å². The quantitative estimate of drug-likeness (QED) is 0.780. The number of nitrogens with one attached hydrogen (secondary N) is 3. The fourth-order valence-electron chi connectivity index (χ4n) is 3.10. The van der Waals surface area contributed by atoms with E-state index in [-0.39, 0.29) is 11.9 Å². The van der Waals surface area contributed by atoms with Crippen LogP contribution >= 0.6 is 0 Å². The number of carbonyl (C=O) groups is 2. The van der Waals surface area contributed by atoms with Crippen molar-refractivity contribution in [1.29, 1.82) is 0 Å². The fourth-order valence-corrected chi connectivity index (χ4v) is 3.10. The second kappa shape index (κ2) is 6.56. The number of nitrogens with zero attached hydrogens (tertiary/aromatic N) is 1. The predicted octanol–water partition coefficient (Wildman–Crippen LogP) is 2.35. The highest BCUT2D eigenvalue weighted by molar-refractivity contribution is 5.96. The average molecular weight is 316 g/mol. The molecule has 0 atom stereocenters. The summed E-state index contributed by atoms with van der Waals surface area (Å²) in [7, 11) is 0. The van der Waals surface area contributed by atoms with E-state index in [2.05, 4.69) is 20.9 Å². The van der Waals surface area contributed by atoms with Gasteiger partial charge in [0.1, 0.15) is 5.54 Å². The molecular weight excluding hydrogens is 292 g/mol. The second-order valence-electron chi connectivity index (χ2n) is 6.71. The minimum absolute atomic E-state index is 0.0384. The van der Waals surface area contributed by atoms with E-state index in [0.717, 1.165) is 24.9 Å². The lowest BCUT2D eigenvalue weighted by Gasteiger charge is -2.29. The van der Waals surface area contributed by atoms with Gasteiger partial charge in [0.15, 0.2) is 0 Å². The number of rotatable bonds is 5. The van der Waals surface area contributed by atoms with E-state index in [1.807, 2.05) is 6.92 Å². The van der Waals surface area contributed by atoms with E-state index >= 15 is 0 Å². The number of carbonyl (C=O) groups excluding carboxylic acids is 2. The summed E-state index contributed by atoms with van der Waals surface area (Å²) in [6.45, 7) is 2.61. The zero-order chi connectivity index (χ0) is 16.3. The minimum Gasteiger partial charge on any atom is -0.354 e. The van der Waals surface area contributed by atoms with E-state index in [1.165, 1.54) is 12.8 Å². The normalized spacial score (nSPS) is 19.2. The zero-order valence-electron chi connectivity index (χ0n) is 13.5. The van der Waals surface area contributed by atoms with Gasteiger partial charge in [0.25, 0.3) is 0 Å². The lowest BCUT2D eigenvalue weighted by Crippen LogP contribution is -2.58. The van der Waals surface area contributed by atoms with Crippen molar-refractivity contribution < 1.29 is 9.59 Å². The van der Waals surface area contributed by atoms with Crippen LogP contribution < -0.4 is 16.0 Å². The molecule has 124 valence electrons. The molecule has 1 aromatic heterocycles. The molecule has 0 spiro atoms. The first kappa shape index (κ1) is 15.8. The van der Waals surface area contributed by atoms with Gasteiger partial charge in [-0.15, -0.1) is 0 Å². The smallest absolute Gasteiger partial charge is 0.320 e. The highest BCUT2D eigenvalue weighted by Crippen LogP contribution is 2.31. The van der Waals surface area contributed by atoms with Crippen LogP contribution in [0.3, 0.4) is 0 Å². The fraction of sp³-hybridized carbons (Fsp3) is 0.588. The van der Waals surface area contributed by atoms with Crippen molar-refractivity contribution in [2.24, 2.45) is 5.92 Å². The van der Waals surface area contributed by atoms with Crippen molar-refractivity contribution in [3.8, 4) is 0 Å². The molecule has 3 rings (SSSR count). The molecule has 3 N–H and O–H groups in total. The van der Waals surface area contributed by atoms with Crippen LogP contribution in [-0.2, 0) is 4.79 Å². The Hall–Kier alpha value is -2.11. The zero-order valence-corrected chi connectivity index (χ0v) is 13.5. The summed E-state index contributed by atoms with van der Waals surface area (Å²) in [5.41, 5.74) is 0.838. The molecule has 0 aliphatic heterocycles. The van der Waals surface area contributed by atoms with Crippen LogP contribution in [0.25, 0.3) is 0 Å². The van der Waals surface area contributed by atoms with Gasteiger partial charge in [0, 0.05) is 24.6 Å². The summed E-state index contributed by atoms with van der Waals surface area (Å²) in [5, 5.41) is 8.77. The molecule has 6 nitrogen and oxygen atoms in total. The SMILES string of the molecule is Cc1cnccc1NC(=O)NC1(C(=O)NCC2CC2)CCCC1.